The summed E-state index contributed by atoms with van der Waals surface area (Å²) in [7, 11) is 1.77. The van der Waals surface area contributed by atoms with Gasteiger partial charge in [0, 0.05) is 19.7 Å². The number of rotatable bonds is 5. The van der Waals surface area contributed by atoms with Gasteiger partial charge in [0.1, 0.15) is 5.82 Å². The van der Waals surface area contributed by atoms with Crippen LogP contribution < -0.4 is 0 Å². The molecule has 21 heavy (non-hydrogen) atoms. The number of nitrogens with zero attached hydrogens (tertiary/aromatic N) is 1. The Morgan fingerprint density at radius 1 is 1.10 bits per heavy atom. The molecule has 2 rings (SSSR count). The minimum atomic E-state index is -0.242. The molecule has 0 spiro atoms. The molecule has 0 aliphatic carbocycles. The molecule has 0 unspecified atom stereocenters. The standard InChI is InChI=1S/C18H18FNO/c1-20(14-13-16-7-10-17(19)11-8-16)18(21)12-9-15-5-3-2-4-6-15/h2-12H,13-14H2,1H3. The van der Waals surface area contributed by atoms with E-state index in [2.05, 4.69) is 0 Å². The van der Waals surface area contributed by atoms with E-state index in [9.17, 15) is 9.18 Å². The number of halogens is 1. The smallest absolute Gasteiger partial charge is 0.246 e. The van der Waals surface area contributed by atoms with Gasteiger partial charge < -0.3 is 4.90 Å². The second-order valence-corrected chi connectivity index (χ2v) is 4.88. The Balaban J connectivity index is 1.85. The second-order valence-electron chi connectivity index (χ2n) is 4.88. The maximum atomic E-state index is 12.8. The van der Waals surface area contributed by atoms with Crippen molar-refractivity contribution in [2.24, 2.45) is 0 Å². The maximum Gasteiger partial charge on any atom is 0.246 e. The molecule has 0 atom stereocenters. The molecule has 2 aromatic carbocycles. The van der Waals surface area contributed by atoms with Gasteiger partial charge in [0.25, 0.3) is 0 Å². The number of carbonyl (C=O) groups is 1. The van der Waals surface area contributed by atoms with Gasteiger partial charge in [-0.15, -0.1) is 0 Å². The third kappa shape index (κ3) is 4.88. The summed E-state index contributed by atoms with van der Waals surface area (Å²) < 4.78 is 12.8. The molecule has 0 N–H and O–H groups in total. The molecule has 1 amide bonds. The van der Waals surface area contributed by atoms with Gasteiger partial charge in [-0.1, -0.05) is 42.5 Å². The van der Waals surface area contributed by atoms with E-state index in [-0.39, 0.29) is 11.7 Å². The van der Waals surface area contributed by atoms with Crippen LogP contribution in [0.3, 0.4) is 0 Å². The molecular weight excluding hydrogens is 265 g/mol. The van der Waals surface area contributed by atoms with Gasteiger partial charge in [-0.05, 0) is 35.8 Å². The summed E-state index contributed by atoms with van der Waals surface area (Å²) in [5, 5.41) is 0. The van der Waals surface area contributed by atoms with Crippen molar-refractivity contribution >= 4 is 12.0 Å². The van der Waals surface area contributed by atoms with Gasteiger partial charge in [-0.25, -0.2) is 4.39 Å². The zero-order chi connectivity index (χ0) is 15.1. The lowest BCUT2D eigenvalue weighted by Gasteiger charge is -2.15. The number of hydrogen-bond acceptors (Lipinski definition) is 1. The summed E-state index contributed by atoms with van der Waals surface area (Å²) in [6.07, 6.45) is 4.08. The number of amides is 1. The van der Waals surface area contributed by atoms with E-state index in [1.807, 2.05) is 30.3 Å². The first kappa shape index (κ1) is 15.0. The predicted molar refractivity (Wildman–Crippen MR) is 83.2 cm³/mol. The minimum Gasteiger partial charge on any atom is -0.342 e. The monoisotopic (exact) mass is 283 g/mol. The largest absolute Gasteiger partial charge is 0.342 e. The van der Waals surface area contributed by atoms with Crippen molar-refractivity contribution in [1.82, 2.24) is 4.90 Å². The van der Waals surface area contributed by atoms with Crippen LogP contribution in [0.15, 0.2) is 60.7 Å². The highest BCUT2D eigenvalue weighted by Gasteiger charge is 2.05. The molecule has 3 heteroatoms. The highest BCUT2D eigenvalue weighted by molar-refractivity contribution is 5.91. The number of likely N-dealkylation sites (N-methyl/N-ethyl adjacent to an activating group) is 1. The van der Waals surface area contributed by atoms with Gasteiger partial charge >= 0.3 is 0 Å². The van der Waals surface area contributed by atoms with Gasteiger partial charge in [-0.2, -0.15) is 0 Å². The molecule has 0 fully saturated rings. The molecule has 2 nitrogen and oxygen atoms in total. The van der Waals surface area contributed by atoms with Gasteiger partial charge in [-0.3, -0.25) is 4.79 Å². The lowest BCUT2D eigenvalue weighted by atomic mass is 10.1. The third-order valence-corrected chi connectivity index (χ3v) is 3.24. The average Bonchev–Trinajstić information content (AvgIpc) is 2.52. The van der Waals surface area contributed by atoms with E-state index in [0.29, 0.717) is 13.0 Å². The molecular formula is C18H18FNO. The van der Waals surface area contributed by atoms with Crippen molar-refractivity contribution in [3.8, 4) is 0 Å². The minimum absolute atomic E-state index is 0.0408. The first-order valence-corrected chi connectivity index (χ1v) is 6.88. The number of hydrogen-bond donors (Lipinski definition) is 0. The highest BCUT2D eigenvalue weighted by atomic mass is 19.1. The summed E-state index contributed by atoms with van der Waals surface area (Å²) in [5.74, 6) is -0.282. The van der Waals surface area contributed by atoms with Crippen molar-refractivity contribution in [3.63, 3.8) is 0 Å². The van der Waals surface area contributed by atoms with E-state index in [0.717, 1.165) is 11.1 Å². The first-order valence-electron chi connectivity index (χ1n) is 6.88. The maximum absolute atomic E-state index is 12.8. The summed E-state index contributed by atoms with van der Waals surface area (Å²) in [4.78, 5) is 13.6. The van der Waals surface area contributed by atoms with Crippen LogP contribution in [0.1, 0.15) is 11.1 Å². The van der Waals surface area contributed by atoms with E-state index in [1.165, 1.54) is 12.1 Å². The zero-order valence-electron chi connectivity index (χ0n) is 12.0. The molecule has 0 aliphatic rings. The molecule has 0 aliphatic heterocycles. The average molecular weight is 283 g/mol. The second kappa shape index (κ2) is 7.39. The lowest BCUT2D eigenvalue weighted by Crippen LogP contribution is -2.27. The Morgan fingerprint density at radius 2 is 1.76 bits per heavy atom. The normalized spacial score (nSPS) is 10.8. The molecule has 108 valence electrons. The molecule has 0 bridgehead atoms. The molecule has 0 heterocycles. The molecule has 2 aromatic rings. The van der Waals surface area contributed by atoms with Crippen LogP contribution in [0.25, 0.3) is 6.08 Å². The fraction of sp³-hybridized carbons (Fsp3) is 0.167. The third-order valence-electron chi connectivity index (χ3n) is 3.24. The van der Waals surface area contributed by atoms with E-state index in [4.69, 9.17) is 0 Å². The number of carbonyl (C=O) groups excluding carboxylic acids is 1. The van der Waals surface area contributed by atoms with E-state index < -0.39 is 0 Å². The Hall–Kier alpha value is -2.42. The molecule has 0 saturated carbocycles. The van der Waals surface area contributed by atoms with Crippen LogP contribution >= 0.6 is 0 Å². The van der Waals surface area contributed by atoms with Crippen LogP contribution in [0, 0.1) is 5.82 Å². The molecule has 0 saturated heterocycles. The van der Waals surface area contributed by atoms with Crippen molar-refractivity contribution < 1.29 is 9.18 Å². The summed E-state index contributed by atoms with van der Waals surface area (Å²) in [5.41, 5.74) is 2.01. The van der Waals surface area contributed by atoms with E-state index >= 15 is 0 Å². The topological polar surface area (TPSA) is 20.3 Å². The summed E-state index contributed by atoms with van der Waals surface area (Å²) >= 11 is 0. The van der Waals surface area contributed by atoms with Gasteiger partial charge in [0.05, 0.1) is 0 Å². The highest BCUT2D eigenvalue weighted by Crippen LogP contribution is 2.05. The Bertz CT molecular complexity index is 605. The lowest BCUT2D eigenvalue weighted by molar-refractivity contribution is -0.124. The molecule has 0 radical (unpaired) electrons. The van der Waals surface area contributed by atoms with Crippen LogP contribution in [-0.2, 0) is 11.2 Å². The number of benzene rings is 2. The Morgan fingerprint density at radius 3 is 2.43 bits per heavy atom. The van der Waals surface area contributed by atoms with Crippen molar-refractivity contribution in [2.75, 3.05) is 13.6 Å². The van der Waals surface area contributed by atoms with Crippen LogP contribution in [0.5, 0.6) is 0 Å². The van der Waals surface area contributed by atoms with Crippen molar-refractivity contribution in [2.45, 2.75) is 6.42 Å². The van der Waals surface area contributed by atoms with Crippen LogP contribution in [0.4, 0.5) is 4.39 Å². The zero-order valence-corrected chi connectivity index (χ0v) is 12.0. The fourth-order valence-corrected chi connectivity index (χ4v) is 1.92. The fourth-order valence-electron chi connectivity index (χ4n) is 1.92. The van der Waals surface area contributed by atoms with Gasteiger partial charge in [0.2, 0.25) is 5.91 Å². The van der Waals surface area contributed by atoms with Crippen molar-refractivity contribution in [3.05, 3.63) is 77.6 Å². The quantitative estimate of drug-likeness (QED) is 0.769. The predicted octanol–water partition coefficient (Wildman–Crippen LogP) is 3.54. The Kier molecular flexibility index (Phi) is 5.27. The van der Waals surface area contributed by atoms with Crippen molar-refractivity contribution in [1.29, 1.82) is 0 Å². The summed E-state index contributed by atoms with van der Waals surface area (Å²) in [6, 6.07) is 16.1. The first-order chi connectivity index (χ1) is 10.1. The van der Waals surface area contributed by atoms with Crippen LogP contribution in [-0.4, -0.2) is 24.4 Å². The van der Waals surface area contributed by atoms with Gasteiger partial charge in [0.15, 0.2) is 0 Å². The summed E-state index contributed by atoms with van der Waals surface area (Å²) in [6.45, 7) is 0.601. The molecule has 0 aromatic heterocycles. The van der Waals surface area contributed by atoms with Crippen LogP contribution in [0.2, 0.25) is 0 Å². The SMILES string of the molecule is CN(CCc1ccc(F)cc1)C(=O)C=Cc1ccccc1. The Labute approximate surface area is 124 Å². The van der Waals surface area contributed by atoms with E-state index in [1.54, 1.807) is 36.2 Å².